The highest BCUT2D eigenvalue weighted by atomic mass is 16.5. The molecule has 0 spiro atoms. The number of alkyl carbamates (subject to hydrolysis) is 1. The van der Waals surface area contributed by atoms with Crippen LogP contribution in [0.1, 0.15) is 11.1 Å². The smallest absolute Gasteiger partial charge is 0.408 e. The lowest BCUT2D eigenvalue weighted by atomic mass is 10.1. The molecular formula is C24H24N4O4. The lowest BCUT2D eigenvalue weighted by Crippen LogP contribution is -2.49. The first-order valence-electron chi connectivity index (χ1n) is 10.1. The molecule has 0 aliphatic heterocycles. The Morgan fingerprint density at radius 2 is 1.56 bits per heavy atom. The van der Waals surface area contributed by atoms with E-state index in [-0.39, 0.29) is 19.6 Å². The number of rotatable bonds is 9. The minimum Gasteiger partial charge on any atom is -0.445 e. The SMILES string of the molecule is O=C(CNC(=O)[C@H](Cc1ccccc1)NC(=O)OCc1ccccc1)Nc1cccnc1. The van der Waals surface area contributed by atoms with Crippen molar-refractivity contribution in [2.45, 2.75) is 19.1 Å². The molecule has 32 heavy (non-hydrogen) atoms. The monoisotopic (exact) mass is 432 g/mol. The minimum atomic E-state index is -0.910. The van der Waals surface area contributed by atoms with Crippen LogP contribution in [0, 0.1) is 0 Å². The number of carbonyl (C=O) groups is 3. The summed E-state index contributed by atoms with van der Waals surface area (Å²) in [6.45, 7) is -0.167. The summed E-state index contributed by atoms with van der Waals surface area (Å²) in [5, 5.41) is 7.79. The number of hydrogen-bond donors (Lipinski definition) is 3. The average Bonchev–Trinajstić information content (AvgIpc) is 2.83. The highest BCUT2D eigenvalue weighted by Gasteiger charge is 2.22. The molecule has 3 N–H and O–H groups in total. The number of anilines is 1. The molecule has 164 valence electrons. The van der Waals surface area contributed by atoms with Crippen molar-refractivity contribution in [3.63, 3.8) is 0 Å². The van der Waals surface area contributed by atoms with Crippen molar-refractivity contribution in [2.75, 3.05) is 11.9 Å². The van der Waals surface area contributed by atoms with Crippen molar-refractivity contribution in [3.8, 4) is 0 Å². The molecule has 0 bridgehead atoms. The molecule has 2 aromatic carbocycles. The van der Waals surface area contributed by atoms with E-state index in [9.17, 15) is 14.4 Å². The fraction of sp³-hybridized carbons (Fsp3) is 0.167. The van der Waals surface area contributed by atoms with Gasteiger partial charge in [0, 0.05) is 12.6 Å². The molecule has 1 aromatic heterocycles. The standard InChI is InChI=1S/C24H24N4O4/c29-22(27-20-12-7-13-25-15-20)16-26-23(30)21(14-18-8-3-1-4-9-18)28-24(31)32-17-19-10-5-2-6-11-19/h1-13,15,21H,14,16-17H2,(H,26,30)(H,27,29)(H,28,31)/t21-/m0/s1. The normalized spacial score (nSPS) is 11.1. The van der Waals surface area contributed by atoms with Crippen molar-refractivity contribution >= 4 is 23.6 Å². The third kappa shape index (κ3) is 7.56. The number of nitrogens with one attached hydrogen (secondary N) is 3. The quantitative estimate of drug-likeness (QED) is 0.482. The van der Waals surface area contributed by atoms with Gasteiger partial charge in [0.1, 0.15) is 12.6 Å². The van der Waals surface area contributed by atoms with Crippen LogP contribution in [-0.2, 0) is 27.4 Å². The summed E-state index contributed by atoms with van der Waals surface area (Å²) in [6, 6.07) is 21.0. The number of amides is 3. The number of ether oxygens (including phenoxy) is 1. The van der Waals surface area contributed by atoms with Gasteiger partial charge in [-0.25, -0.2) is 4.79 Å². The minimum absolute atomic E-state index is 0.0832. The van der Waals surface area contributed by atoms with Gasteiger partial charge in [0.25, 0.3) is 0 Å². The van der Waals surface area contributed by atoms with Crippen molar-refractivity contribution in [1.82, 2.24) is 15.6 Å². The summed E-state index contributed by atoms with van der Waals surface area (Å²) in [7, 11) is 0. The number of aromatic nitrogens is 1. The third-order valence-electron chi connectivity index (χ3n) is 4.47. The second-order valence-corrected chi connectivity index (χ2v) is 6.96. The summed E-state index contributed by atoms with van der Waals surface area (Å²) in [5.74, 6) is -0.900. The molecule has 0 aliphatic carbocycles. The van der Waals surface area contributed by atoms with E-state index in [2.05, 4.69) is 20.9 Å². The van der Waals surface area contributed by atoms with E-state index in [0.717, 1.165) is 11.1 Å². The lowest BCUT2D eigenvalue weighted by molar-refractivity contribution is -0.125. The Bertz CT molecular complexity index is 1010. The molecule has 0 unspecified atom stereocenters. The molecule has 0 radical (unpaired) electrons. The van der Waals surface area contributed by atoms with E-state index in [0.29, 0.717) is 5.69 Å². The van der Waals surface area contributed by atoms with Gasteiger partial charge in [-0.05, 0) is 23.3 Å². The van der Waals surface area contributed by atoms with Gasteiger partial charge in [-0.15, -0.1) is 0 Å². The summed E-state index contributed by atoms with van der Waals surface area (Å²) in [5.41, 5.74) is 2.21. The molecule has 0 saturated carbocycles. The predicted molar refractivity (Wildman–Crippen MR) is 120 cm³/mol. The fourth-order valence-electron chi connectivity index (χ4n) is 2.90. The van der Waals surface area contributed by atoms with E-state index in [1.165, 1.54) is 6.20 Å². The van der Waals surface area contributed by atoms with E-state index in [1.54, 1.807) is 18.3 Å². The Morgan fingerprint density at radius 1 is 0.875 bits per heavy atom. The third-order valence-corrected chi connectivity index (χ3v) is 4.47. The van der Waals surface area contributed by atoms with Crippen molar-refractivity contribution in [2.24, 2.45) is 0 Å². The maximum atomic E-state index is 12.7. The van der Waals surface area contributed by atoms with Gasteiger partial charge >= 0.3 is 6.09 Å². The first-order valence-corrected chi connectivity index (χ1v) is 10.1. The van der Waals surface area contributed by atoms with Gasteiger partial charge in [-0.1, -0.05) is 60.7 Å². The van der Waals surface area contributed by atoms with E-state index >= 15 is 0 Å². The van der Waals surface area contributed by atoms with Crippen LogP contribution in [0.3, 0.4) is 0 Å². The van der Waals surface area contributed by atoms with Crippen LogP contribution in [0.25, 0.3) is 0 Å². The van der Waals surface area contributed by atoms with Crippen molar-refractivity contribution < 1.29 is 19.1 Å². The summed E-state index contributed by atoms with van der Waals surface area (Å²) in [6.07, 6.45) is 2.62. The van der Waals surface area contributed by atoms with Gasteiger partial charge in [0.15, 0.2) is 0 Å². The second kappa shape index (κ2) is 11.8. The molecule has 8 heteroatoms. The number of nitrogens with zero attached hydrogens (tertiary/aromatic N) is 1. The van der Waals surface area contributed by atoms with E-state index in [1.807, 2.05) is 60.7 Å². The Kier molecular flexibility index (Phi) is 8.33. The van der Waals surface area contributed by atoms with E-state index in [4.69, 9.17) is 4.74 Å². The topological polar surface area (TPSA) is 109 Å². The first-order chi connectivity index (χ1) is 15.6. The Morgan fingerprint density at radius 3 is 2.22 bits per heavy atom. The van der Waals surface area contributed by atoms with Crippen molar-refractivity contribution in [3.05, 3.63) is 96.3 Å². The molecule has 3 aromatic rings. The zero-order valence-electron chi connectivity index (χ0n) is 17.4. The summed E-state index contributed by atoms with van der Waals surface area (Å²) >= 11 is 0. The molecule has 8 nitrogen and oxygen atoms in total. The van der Waals surface area contributed by atoms with Crippen LogP contribution in [0.4, 0.5) is 10.5 Å². The largest absolute Gasteiger partial charge is 0.445 e. The molecule has 0 saturated heterocycles. The molecule has 3 rings (SSSR count). The molecule has 0 aliphatic rings. The van der Waals surface area contributed by atoms with Crippen LogP contribution in [0.2, 0.25) is 0 Å². The number of carbonyl (C=O) groups excluding carboxylic acids is 3. The van der Waals surface area contributed by atoms with Crippen LogP contribution in [0.5, 0.6) is 0 Å². The highest BCUT2D eigenvalue weighted by Crippen LogP contribution is 2.06. The maximum absolute atomic E-state index is 12.7. The second-order valence-electron chi connectivity index (χ2n) is 6.96. The number of benzene rings is 2. The summed E-state index contributed by atoms with van der Waals surface area (Å²) < 4.78 is 5.23. The van der Waals surface area contributed by atoms with Gasteiger partial charge in [-0.3, -0.25) is 14.6 Å². The maximum Gasteiger partial charge on any atom is 0.408 e. The van der Waals surface area contributed by atoms with Crippen molar-refractivity contribution in [1.29, 1.82) is 0 Å². The van der Waals surface area contributed by atoms with E-state index < -0.39 is 23.9 Å². The molecule has 3 amide bonds. The fourth-order valence-corrected chi connectivity index (χ4v) is 2.90. The Labute approximate surface area is 186 Å². The van der Waals surface area contributed by atoms with Crippen LogP contribution in [-0.4, -0.2) is 35.5 Å². The van der Waals surface area contributed by atoms with Gasteiger partial charge in [0.05, 0.1) is 18.4 Å². The van der Waals surface area contributed by atoms with Gasteiger partial charge in [-0.2, -0.15) is 0 Å². The summed E-state index contributed by atoms with van der Waals surface area (Å²) in [4.78, 5) is 41.1. The van der Waals surface area contributed by atoms with Crippen LogP contribution in [0.15, 0.2) is 85.2 Å². The number of hydrogen-bond acceptors (Lipinski definition) is 5. The zero-order chi connectivity index (χ0) is 22.6. The predicted octanol–water partition coefficient (Wildman–Crippen LogP) is 2.67. The van der Waals surface area contributed by atoms with Crippen LogP contribution >= 0.6 is 0 Å². The van der Waals surface area contributed by atoms with Gasteiger partial charge in [0.2, 0.25) is 11.8 Å². The zero-order valence-corrected chi connectivity index (χ0v) is 17.4. The Hall–Kier alpha value is -4.20. The Balaban J connectivity index is 1.56. The van der Waals surface area contributed by atoms with Crippen LogP contribution < -0.4 is 16.0 Å². The molecule has 1 atom stereocenters. The molecule has 1 heterocycles. The highest BCUT2D eigenvalue weighted by molar-refractivity contribution is 5.95. The average molecular weight is 432 g/mol. The lowest BCUT2D eigenvalue weighted by Gasteiger charge is -2.18. The molecular weight excluding hydrogens is 408 g/mol. The number of pyridine rings is 1. The molecule has 0 fully saturated rings. The first kappa shape index (κ1) is 22.5. The van der Waals surface area contributed by atoms with Gasteiger partial charge < -0.3 is 20.7 Å².